The maximum Gasteiger partial charge on any atom is 0.422 e. The van der Waals surface area contributed by atoms with Gasteiger partial charge < -0.3 is 9.84 Å². The van der Waals surface area contributed by atoms with Crippen LogP contribution < -0.4 is 5.43 Å². The van der Waals surface area contributed by atoms with Crippen LogP contribution in [0, 0.1) is 5.92 Å². The predicted molar refractivity (Wildman–Crippen MR) is 60.8 cm³/mol. The molecule has 2 N–H and O–H groups in total. The van der Waals surface area contributed by atoms with Crippen LogP contribution in [0.25, 0.3) is 0 Å². The quantitative estimate of drug-likeness (QED) is 0.746. The standard InChI is InChI=1S/C11H22N2O3/c1-11(2,3)16-10(15)12-13-6-4-5-9(7-13)8-14/h9,14H,4-8H2,1-3H3,(H,12,15)/t9-/m0/s1. The summed E-state index contributed by atoms with van der Waals surface area (Å²) in [5, 5.41) is 10.9. The molecule has 0 saturated carbocycles. The van der Waals surface area contributed by atoms with Gasteiger partial charge >= 0.3 is 6.09 Å². The third-order valence-corrected chi connectivity index (χ3v) is 2.43. The number of rotatable bonds is 2. The molecule has 5 heteroatoms. The number of amides is 1. The molecule has 1 rings (SSSR count). The van der Waals surface area contributed by atoms with Crippen molar-refractivity contribution >= 4 is 6.09 Å². The first kappa shape index (κ1) is 13.3. The number of nitrogens with one attached hydrogen (secondary N) is 1. The van der Waals surface area contributed by atoms with E-state index in [1.54, 1.807) is 0 Å². The fourth-order valence-electron chi connectivity index (χ4n) is 1.75. The Morgan fingerprint density at radius 2 is 2.25 bits per heavy atom. The summed E-state index contributed by atoms with van der Waals surface area (Å²) < 4.78 is 5.16. The van der Waals surface area contributed by atoms with Crippen LogP contribution in [0.2, 0.25) is 0 Å². The van der Waals surface area contributed by atoms with Gasteiger partial charge in [-0.2, -0.15) is 0 Å². The number of carbonyl (C=O) groups is 1. The minimum absolute atomic E-state index is 0.173. The van der Waals surface area contributed by atoms with E-state index in [1.165, 1.54) is 0 Å². The highest BCUT2D eigenvalue weighted by molar-refractivity contribution is 5.67. The highest BCUT2D eigenvalue weighted by Gasteiger charge is 2.23. The smallest absolute Gasteiger partial charge is 0.422 e. The van der Waals surface area contributed by atoms with Crippen LogP contribution in [-0.4, -0.2) is 41.5 Å². The molecule has 0 aliphatic carbocycles. The lowest BCUT2D eigenvalue weighted by molar-refractivity contribution is 0.0204. The zero-order valence-corrected chi connectivity index (χ0v) is 10.3. The van der Waals surface area contributed by atoms with Crippen LogP contribution >= 0.6 is 0 Å². The topological polar surface area (TPSA) is 61.8 Å². The van der Waals surface area contributed by atoms with E-state index >= 15 is 0 Å². The Balaban J connectivity index is 2.33. The van der Waals surface area contributed by atoms with Crippen LogP contribution in [0.3, 0.4) is 0 Å². The summed E-state index contributed by atoms with van der Waals surface area (Å²) >= 11 is 0. The largest absolute Gasteiger partial charge is 0.443 e. The Hall–Kier alpha value is -0.810. The van der Waals surface area contributed by atoms with Crippen molar-refractivity contribution in [2.75, 3.05) is 19.7 Å². The molecule has 0 unspecified atom stereocenters. The van der Waals surface area contributed by atoms with Crippen molar-refractivity contribution in [1.82, 2.24) is 10.4 Å². The second-order valence-electron chi connectivity index (χ2n) is 5.25. The van der Waals surface area contributed by atoms with Crippen LogP contribution in [0.15, 0.2) is 0 Å². The van der Waals surface area contributed by atoms with Crippen LogP contribution in [-0.2, 0) is 4.74 Å². The number of piperidine rings is 1. The van der Waals surface area contributed by atoms with Crippen LogP contribution in [0.4, 0.5) is 4.79 Å². The maximum atomic E-state index is 11.5. The van der Waals surface area contributed by atoms with E-state index in [0.717, 1.165) is 19.4 Å². The summed E-state index contributed by atoms with van der Waals surface area (Å²) in [6.07, 6.45) is 1.58. The molecule has 0 aromatic carbocycles. The molecular formula is C11H22N2O3. The van der Waals surface area contributed by atoms with Crippen molar-refractivity contribution in [3.8, 4) is 0 Å². The lowest BCUT2D eigenvalue weighted by Gasteiger charge is -2.32. The number of hydrogen-bond donors (Lipinski definition) is 2. The van der Waals surface area contributed by atoms with Crippen molar-refractivity contribution in [3.05, 3.63) is 0 Å². The molecule has 1 saturated heterocycles. The minimum atomic E-state index is -0.476. The van der Waals surface area contributed by atoms with E-state index in [2.05, 4.69) is 5.43 Å². The van der Waals surface area contributed by atoms with Crippen LogP contribution in [0.1, 0.15) is 33.6 Å². The van der Waals surface area contributed by atoms with E-state index in [0.29, 0.717) is 6.54 Å². The Bertz CT molecular complexity index is 238. The maximum absolute atomic E-state index is 11.5. The number of hydrazine groups is 1. The number of nitrogens with zero attached hydrogens (tertiary/aromatic N) is 1. The van der Waals surface area contributed by atoms with E-state index in [9.17, 15) is 4.79 Å². The molecular weight excluding hydrogens is 208 g/mol. The molecule has 1 fully saturated rings. The fourth-order valence-corrected chi connectivity index (χ4v) is 1.75. The minimum Gasteiger partial charge on any atom is -0.443 e. The lowest BCUT2D eigenvalue weighted by atomic mass is 10.0. The Kier molecular flexibility index (Phi) is 4.56. The van der Waals surface area contributed by atoms with Gasteiger partial charge in [-0.05, 0) is 39.5 Å². The van der Waals surface area contributed by atoms with Gasteiger partial charge in [0.1, 0.15) is 5.60 Å². The van der Waals surface area contributed by atoms with Gasteiger partial charge in [0.05, 0.1) is 0 Å². The summed E-state index contributed by atoms with van der Waals surface area (Å²) in [6, 6.07) is 0. The number of aliphatic hydroxyl groups excluding tert-OH is 1. The van der Waals surface area contributed by atoms with E-state index in [4.69, 9.17) is 9.84 Å². The van der Waals surface area contributed by atoms with Crippen molar-refractivity contribution in [3.63, 3.8) is 0 Å². The van der Waals surface area contributed by atoms with Gasteiger partial charge in [-0.15, -0.1) is 0 Å². The van der Waals surface area contributed by atoms with E-state index in [1.807, 2.05) is 25.8 Å². The molecule has 1 atom stereocenters. The zero-order valence-electron chi connectivity index (χ0n) is 10.3. The summed E-state index contributed by atoms with van der Waals surface area (Å²) in [7, 11) is 0. The lowest BCUT2D eigenvalue weighted by Crippen LogP contribution is -2.49. The van der Waals surface area contributed by atoms with Crippen molar-refractivity contribution in [2.45, 2.75) is 39.2 Å². The second-order valence-corrected chi connectivity index (χ2v) is 5.25. The zero-order chi connectivity index (χ0) is 12.2. The average Bonchev–Trinajstić information content (AvgIpc) is 2.15. The summed E-state index contributed by atoms with van der Waals surface area (Å²) in [5.41, 5.74) is 2.22. The molecule has 1 aliphatic heterocycles. The molecule has 0 bridgehead atoms. The number of hydrogen-bond acceptors (Lipinski definition) is 4. The predicted octanol–water partition coefficient (Wildman–Crippen LogP) is 1.13. The summed E-state index contributed by atoms with van der Waals surface area (Å²) in [5.74, 6) is 0.253. The highest BCUT2D eigenvalue weighted by Crippen LogP contribution is 2.14. The van der Waals surface area contributed by atoms with Gasteiger partial charge in [0.15, 0.2) is 0 Å². The third-order valence-electron chi connectivity index (χ3n) is 2.43. The Labute approximate surface area is 96.7 Å². The van der Waals surface area contributed by atoms with Crippen molar-refractivity contribution < 1.29 is 14.6 Å². The molecule has 5 nitrogen and oxygen atoms in total. The number of carbonyl (C=O) groups excluding carboxylic acids is 1. The van der Waals surface area contributed by atoms with Crippen molar-refractivity contribution in [1.29, 1.82) is 0 Å². The summed E-state index contributed by atoms with van der Waals surface area (Å²) in [4.78, 5) is 11.5. The molecule has 0 spiro atoms. The van der Waals surface area contributed by atoms with Gasteiger partial charge in [0.25, 0.3) is 0 Å². The molecule has 0 aromatic rings. The third kappa shape index (κ3) is 4.81. The SMILES string of the molecule is CC(C)(C)OC(=O)NN1CCC[C@H](CO)C1. The molecule has 1 aliphatic rings. The van der Waals surface area contributed by atoms with E-state index < -0.39 is 11.7 Å². The molecule has 1 amide bonds. The Morgan fingerprint density at radius 3 is 2.81 bits per heavy atom. The first-order chi connectivity index (χ1) is 7.40. The Morgan fingerprint density at radius 1 is 1.56 bits per heavy atom. The first-order valence-corrected chi connectivity index (χ1v) is 5.76. The fraction of sp³-hybridized carbons (Fsp3) is 0.909. The normalized spacial score (nSPS) is 22.9. The monoisotopic (exact) mass is 230 g/mol. The molecule has 1 heterocycles. The van der Waals surface area contributed by atoms with Gasteiger partial charge in [-0.25, -0.2) is 9.80 Å². The molecule has 16 heavy (non-hydrogen) atoms. The number of ether oxygens (including phenoxy) is 1. The molecule has 94 valence electrons. The van der Waals surface area contributed by atoms with Gasteiger partial charge in [-0.1, -0.05) is 0 Å². The highest BCUT2D eigenvalue weighted by atomic mass is 16.6. The number of aliphatic hydroxyl groups is 1. The molecule has 0 radical (unpaired) electrons. The second kappa shape index (κ2) is 5.50. The summed E-state index contributed by atoms with van der Waals surface area (Å²) in [6.45, 7) is 7.18. The average molecular weight is 230 g/mol. The molecule has 0 aromatic heterocycles. The van der Waals surface area contributed by atoms with Gasteiger partial charge in [-0.3, -0.25) is 5.43 Å². The van der Waals surface area contributed by atoms with Crippen LogP contribution in [0.5, 0.6) is 0 Å². The first-order valence-electron chi connectivity index (χ1n) is 5.76. The van der Waals surface area contributed by atoms with E-state index in [-0.39, 0.29) is 12.5 Å². The van der Waals surface area contributed by atoms with Gasteiger partial charge in [0, 0.05) is 19.7 Å². The van der Waals surface area contributed by atoms with Crippen molar-refractivity contribution in [2.24, 2.45) is 5.92 Å². The van der Waals surface area contributed by atoms with Gasteiger partial charge in [0.2, 0.25) is 0 Å².